The average Bonchev–Trinajstić information content (AvgIpc) is 2.88. The zero-order valence-electron chi connectivity index (χ0n) is 11.4. The fourth-order valence-electron chi connectivity index (χ4n) is 2.89. The number of hydrogen-bond donors (Lipinski definition) is 2. The summed E-state index contributed by atoms with van der Waals surface area (Å²) in [7, 11) is 0. The van der Waals surface area contributed by atoms with Crippen LogP contribution >= 0.6 is 0 Å². The lowest BCUT2D eigenvalue weighted by molar-refractivity contribution is 0.455. The van der Waals surface area contributed by atoms with Crippen LogP contribution in [0.4, 0.5) is 0 Å². The molecule has 1 aliphatic rings. The topological polar surface area (TPSA) is 32.3 Å². The summed E-state index contributed by atoms with van der Waals surface area (Å²) in [6, 6.07) is 7.86. The third-order valence-corrected chi connectivity index (χ3v) is 4.11. The molecule has 0 bridgehead atoms. The normalized spacial score (nSPS) is 18.1. The molecule has 0 heterocycles. The van der Waals surface area contributed by atoms with Crippen molar-refractivity contribution in [3.8, 4) is 5.75 Å². The molecule has 0 amide bonds. The van der Waals surface area contributed by atoms with Crippen molar-refractivity contribution in [2.75, 3.05) is 6.54 Å². The maximum atomic E-state index is 9.25. The lowest BCUT2D eigenvalue weighted by atomic mass is 10.0. The van der Waals surface area contributed by atoms with Gasteiger partial charge in [0.05, 0.1) is 0 Å². The van der Waals surface area contributed by atoms with Crippen LogP contribution in [0.15, 0.2) is 24.3 Å². The number of aromatic hydroxyl groups is 1. The SMILES string of the molecule is CC(NCCCC1CCCC1)c1ccc(O)cc1. The molecule has 2 heteroatoms. The van der Waals surface area contributed by atoms with Crippen LogP contribution in [0.25, 0.3) is 0 Å². The molecule has 1 atom stereocenters. The van der Waals surface area contributed by atoms with E-state index in [1.54, 1.807) is 12.1 Å². The van der Waals surface area contributed by atoms with Gasteiger partial charge in [0.15, 0.2) is 0 Å². The number of phenols is 1. The third-order valence-electron chi connectivity index (χ3n) is 4.11. The van der Waals surface area contributed by atoms with Crippen molar-refractivity contribution >= 4 is 0 Å². The second-order valence-corrected chi connectivity index (χ2v) is 5.56. The summed E-state index contributed by atoms with van der Waals surface area (Å²) >= 11 is 0. The Bertz CT molecular complexity index is 341. The van der Waals surface area contributed by atoms with Gasteiger partial charge < -0.3 is 10.4 Å². The van der Waals surface area contributed by atoms with E-state index in [9.17, 15) is 5.11 Å². The van der Waals surface area contributed by atoms with E-state index in [1.807, 2.05) is 12.1 Å². The van der Waals surface area contributed by atoms with Crippen molar-refractivity contribution in [2.45, 2.75) is 51.5 Å². The average molecular weight is 247 g/mol. The number of phenolic OH excluding ortho intramolecular Hbond substituents is 1. The molecule has 2 nitrogen and oxygen atoms in total. The van der Waals surface area contributed by atoms with Gasteiger partial charge in [0.1, 0.15) is 5.75 Å². The van der Waals surface area contributed by atoms with Gasteiger partial charge in [0.25, 0.3) is 0 Å². The van der Waals surface area contributed by atoms with E-state index >= 15 is 0 Å². The summed E-state index contributed by atoms with van der Waals surface area (Å²) in [6.07, 6.45) is 8.47. The van der Waals surface area contributed by atoms with E-state index in [0.717, 1.165) is 12.5 Å². The summed E-state index contributed by atoms with van der Waals surface area (Å²) in [5.41, 5.74) is 1.24. The van der Waals surface area contributed by atoms with E-state index in [1.165, 1.54) is 44.1 Å². The fraction of sp³-hybridized carbons (Fsp3) is 0.625. The summed E-state index contributed by atoms with van der Waals surface area (Å²) in [6.45, 7) is 3.28. The number of rotatable bonds is 6. The summed E-state index contributed by atoms with van der Waals surface area (Å²) < 4.78 is 0. The van der Waals surface area contributed by atoms with E-state index in [2.05, 4.69) is 12.2 Å². The van der Waals surface area contributed by atoms with Crippen LogP contribution in [0.3, 0.4) is 0 Å². The second kappa shape index (κ2) is 6.79. The molecule has 0 aliphatic heterocycles. The van der Waals surface area contributed by atoms with Crippen molar-refractivity contribution in [1.82, 2.24) is 5.32 Å². The molecule has 1 fully saturated rings. The first-order chi connectivity index (χ1) is 8.75. The largest absolute Gasteiger partial charge is 0.508 e. The molecule has 1 unspecified atom stereocenters. The zero-order chi connectivity index (χ0) is 12.8. The van der Waals surface area contributed by atoms with Crippen molar-refractivity contribution in [1.29, 1.82) is 0 Å². The minimum atomic E-state index is 0.340. The highest BCUT2D eigenvalue weighted by Gasteiger charge is 2.14. The minimum Gasteiger partial charge on any atom is -0.508 e. The van der Waals surface area contributed by atoms with Gasteiger partial charge >= 0.3 is 0 Å². The summed E-state index contributed by atoms with van der Waals surface area (Å²) in [5, 5.41) is 12.8. The Morgan fingerprint density at radius 2 is 1.89 bits per heavy atom. The van der Waals surface area contributed by atoms with Gasteiger partial charge in [0, 0.05) is 6.04 Å². The quantitative estimate of drug-likeness (QED) is 0.744. The molecule has 1 aromatic rings. The Hall–Kier alpha value is -1.02. The first kappa shape index (κ1) is 13.4. The lowest BCUT2D eigenvalue weighted by Crippen LogP contribution is -2.20. The first-order valence-corrected chi connectivity index (χ1v) is 7.28. The monoisotopic (exact) mass is 247 g/mol. The minimum absolute atomic E-state index is 0.340. The molecule has 1 saturated carbocycles. The molecule has 0 aromatic heterocycles. The highest BCUT2D eigenvalue weighted by molar-refractivity contribution is 5.27. The Kier molecular flexibility index (Phi) is 5.06. The smallest absolute Gasteiger partial charge is 0.115 e. The molecular formula is C16H25NO. The van der Waals surface area contributed by atoms with Gasteiger partial charge in [-0.05, 0) is 49.9 Å². The Morgan fingerprint density at radius 1 is 1.22 bits per heavy atom. The molecule has 1 aliphatic carbocycles. The van der Waals surface area contributed by atoms with Gasteiger partial charge in [-0.15, -0.1) is 0 Å². The van der Waals surface area contributed by atoms with Gasteiger partial charge in [-0.25, -0.2) is 0 Å². The van der Waals surface area contributed by atoms with Crippen molar-refractivity contribution < 1.29 is 5.11 Å². The van der Waals surface area contributed by atoms with Gasteiger partial charge in [-0.2, -0.15) is 0 Å². The van der Waals surface area contributed by atoms with Crippen molar-refractivity contribution in [2.24, 2.45) is 5.92 Å². The predicted molar refractivity (Wildman–Crippen MR) is 75.7 cm³/mol. The predicted octanol–water partition coefficient (Wildman–Crippen LogP) is 4.01. The van der Waals surface area contributed by atoms with Crippen LogP contribution in [0.1, 0.15) is 57.1 Å². The van der Waals surface area contributed by atoms with Crippen LogP contribution in [0.5, 0.6) is 5.75 Å². The standard InChI is InChI=1S/C16H25NO/c1-13(15-8-10-16(18)11-9-15)17-12-4-7-14-5-2-3-6-14/h8-11,13-14,17-18H,2-7,12H2,1H3. The van der Waals surface area contributed by atoms with Crippen molar-refractivity contribution in [3.63, 3.8) is 0 Å². The van der Waals surface area contributed by atoms with E-state index in [0.29, 0.717) is 11.8 Å². The molecule has 2 N–H and O–H groups in total. The number of hydrogen-bond acceptors (Lipinski definition) is 2. The van der Waals surface area contributed by atoms with Gasteiger partial charge in [-0.1, -0.05) is 37.8 Å². The Morgan fingerprint density at radius 3 is 2.56 bits per heavy atom. The highest BCUT2D eigenvalue weighted by Crippen LogP contribution is 2.28. The summed E-state index contributed by atoms with van der Waals surface area (Å²) in [5.74, 6) is 1.34. The van der Waals surface area contributed by atoms with Crippen LogP contribution in [-0.2, 0) is 0 Å². The molecule has 100 valence electrons. The summed E-state index contributed by atoms with van der Waals surface area (Å²) in [4.78, 5) is 0. The Balaban J connectivity index is 1.64. The Labute approximate surface area is 110 Å². The maximum absolute atomic E-state index is 9.25. The van der Waals surface area contributed by atoms with E-state index in [4.69, 9.17) is 0 Å². The number of nitrogens with one attached hydrogen (secondary N) is 1. The molecule has 0 spiro atoms. The highest BCUT2D eigenvalue weighted by atomic mass is 16.3. The molecule has 1 aromatic carbocycles. The second-order valence-electron chi connectivity index (χ2n) is 5.56. The first-order valence-electron chi connectivity index (χ1n) is 7.28. The number of benzene rings is 1. The van der Waals surface area contributed by atoms with Crippen LogP contribution in [0, 0.1) is 5.92 Å². The van der Waals surface area contributed by atoms with Crippen LogP contribution < -0.4 is 5.32 Å². The molecule has 18 heavy (non-hydrogen) atoms. The van der Waals surface area contributed by atoms with Crippen LogP contribution in [0.2, 0.25) is 0 Å². The van der Waals surface area contributed by atoms with Gasteiger partial charge in [0.2, 0.25) is 0 Å². The van der Waals surface area contributed by atoms with E-state index in [-0.39, 0.29) is 0 Å². The van der Waals surface area contributed by atoms with Crippen molar-refractivity contribution in [3.05, 3.63) is 29.8 Å². The molecule has 0 saturated heterocycles. The fourth-order valence-corrected chi connectivity index (χ4v) is 2.89. The maximum Gasteiger partial charge on any atom is 0.115 e. The van der Waals surface area contributed by atoms with Gasteiger partial charge in [-0.3, -0.25) is 0 Å². The van der Waals surface area contributed by atoms with Crippen LogP contribution in [-0.4, -0.2) is 11.7 Å². The third kappa shape index (κ3) is 4.02. The lowest BCUT2D eigenvalue weighted by Gasteiger charge is -2.15. The molecule has 2 rings (SSSR count). The molecular weight excluding hydrogens is 222 g/mol. The molecule has 0 radical (unpaired) electrons. The van der Waals surface area contributed by atoms with E-state index < -0.39 is 0 Å². The zero-order valence-corrected chi connectivity index (χ0v) is 11.4.